The Hall–Kier alpha value is -2.06. The van der Waals surface area contributed by atoms with Crippen molar-refractivity contribution < 1.29 is 14.2 Å². The first-order valence-electron chi connectivity index (χ1n) is 9.92. The molecule has 0 radical (unpaired) electrons. The Morgan fingerprint density at radius 1 is 1.17 bits per heavy atom. The van der Waals surface area contributed by atoms with Crippen LogP contribution in [-0.2, 0) is 11.3 Å². The molecule has 30 heavy (non-hydrogen) atoms. The molecule has 1 heterocycles. The van der Waals surface area contributed by atoms with Crippen molar-refractivity contribution in [3.8, 4) is 11.5 Å². The quantitative estimate of drug-likeness (QED) is 0.613. The number of nitrogens with one attached hydrogen (secondary N) is 1. The molecule has 0 amide bonds. The van der Waals surface area contributed by atoms with Crippen molar-refractivity contribution in [2.24, 2.45) is 0 Å². The van der Waals surface area contributed by atoms with Crippen LogP contribution in [0.2, 0.25) is 5.02 Å². The van der Waals surface area contributed by atoms with E-state index in [2.05, 4.69) is 21.2 Å². The fourth-order valence-electron chi connectivity index (χ4n) is 3.30. The lowest BCUT2D eigenvalue weighted by atomic mass is 10.2. The van der Waals surface area contributed by atoms with Crippen LogP contribution in [0.4, 0.5) is 5.69 Å². The van der Waals surface area contributed by atoms with Crippen LogP contribution in [0, 0.1) is 0 Å². The number of nitrogens with zero attached hydrogens (tertiary/aromatic N) is 2. The molecule has 3 rings (SSSR count). The lowest BCUT2D eigenvalue weighted by molar-refractivity contribution is 0.0358. The number of morpholine rings is 1. The summed E-state index contributed by atoms with van der Waals surface area (Å²) in [7, 11) is 3.31. The number of hydrogen-bond donors (Lipinski definition) is 1. The number of halogens is 1. The molecule has 162 valence electrons. The Morgan fingerprint density at radius 2 is 1.93 bits per heavy atom. The molecule has 8 heteroatoms. The maximum absolute atomic E-state index is 6.37. The molecule has 0 aliphatic carbocycles. The van der Waals surface area contributed by atoms with Gasteiger partial charge in [-0.2, -0.15) is 0 Å². The molecule has 0 bridgehead atoms. The average Bonchev–Trinajstić information content (AvgIpc) is 2.79. The van der Waals surface area contributed by atoms with Gasteiger partial charge in [0, 0.05) is 44.4 Å². The van der Waals surface area contributed by atoms with Crippen molar-refractivity contribution in [2.75, 3.05) is 58.9 Å². The molecule has 2 aromatic rings. The second-order valence-corrected chi connectivity index (χ2v) is 7.76. The standard InChI is InChI=1S/C22H28ClN3O3S/c1-27-18-7-8-19(23)20(15-18)24-22(30)26(10-9-25-11-13-29-14-12-25)16-17-5-3-4-6-21(17)28-2/h3-8,15H,9-14,16H2,1-2H3,(H,24,30). The van der Waals surface area contributed by atoms with Crippen LogP contribution >= 0.6 is 23.8 Å². The Labute approximate surface area is 188 Å². The highest BCUT2D eigenvalue weighted by molar-refractivity contribution is 7.80. The first kappa shape index (κ1) is 22.6. The second-order valence-electron chi connectivity index (χ2n) is 6.96. The van der Waals surface area contributed by atoms with Crippen molar-refractivity contribution >= 4 is 34.6 Å². The smallest absolute Gasteiger partial charge is 0.173 e. The average molecular weight is 450 g/mol. The predicted octanol–water partition coefficient (Wildman–Crippen LogP) is 3.89. The van der Waals surface area contributed by atoms with Gasteiger partial charge in [-0.15, -0.1) is 0 Å². The van der Waals surface area contributed by atoms with E-state index in [1.165, 1.54) is 0 Å². The normalized spacial score (nSPS) is 14.2. The van der Waals surface area contributed by atoms with E-state index in [0.717, 1.165) is 56.4 Å². The topological polar surface area (TPSA) is 46.2 Å². The Bertz CT molecular complexity index is 846. The summed E-state index contributed by atoms with van der Waals surface area (Å²) in [6, 6.07) is 13.5. The van der Waals surface area contributed by atoms with Crippen LogP contribution < -0.4 is 14.8 Å². The molecule has 1 aliphatic rings. The zero-order valence-electron chi connectivity index (χ0n) is 17.4. The fourth-order valence-corrected chi connectivity index (χ4v) is 3.73. The zero-order valence-corrected chi connectivity index (χ0v) is 19.0. The molecule has 0 atom stereocenters. The minimum atomic E-state index is 0.587. The number of methoxy groups -OCH3 is 2. The summed E-state index contributed by atoms with van der Waals surface area (Å²) >= 11 is 12.1. The SMILES string of the molecule is COc1ccc(Cl)c(NC(=S)N(CCN2CCOCC2)Cc2ccccc2OC)c1. The van der Waals surface area contributed by atoms with Crippen molar-refractivity contribution in [3.05, 3.63) is 53.1 Å². The van der Waals surface area contributed by atoms with Gasteiger partial charge in [0.25, 0.3) is 0 Å². The molecule has 0 aromatic heterocycles. The van der Waals surface area contributed by atoms with Crippen molar-refractivity contribution in [1.82, 2.24) is 9.80 Å². The summed E-state index contributed by atoms with van der Waals surface area (Å²) in [5.74, 6) is 1.56. The van der Waals surface area contributed by atoms with E-state index in [-0.39, 0.29) is 0 Å². The number of ether oxygens (including phenoxy) is 3. The number of thiocarbonyl (C=S) groups is 1. The summed E-state index contributed by atoms with van der Waals surface area (Å²) in [5.41, 5.74) is 1.79. The van der Waals surface area contributed by atoms with E-state index in [9.17, 15) is 0 Å². The van der Waals surface area contributed by atoms with Crippen LogP contribution in [-0.4, -0.2) is 68.5 Å². The van der Waals surface area contributed by atoms with Gasteiger partial charge in [0.15, 0.2) is 5.11 Å². The van der Waals surface area contributed by atoms with Gasteiger partial charge in [0.2, 0.25) is 0 Å². The van der Waals surface area contributed by atoms with Crippen molar-refractivity contribution in [1.29, 1.82) is 0 Å². The fraction of sp³-hybridized carbons (Fsp3) is 0.409. The molecule has 1 fully saturated rings. The number of benzene rings is 2. The van der Waals surface area contributed by atoms with Gasteiger partial charge in [0.1, 0.15) is 11.5 Å². The van der Waals surface area contributed by atoms with E-state index in [1.807, 2.05) is 30.3 Å². The molecule has 0 spiro atoms. The van der Waals surface area contributed by atoms with E-state index in [1.54, 1.807) is 20.3 Å². The molecule has 6 nitrogen and oxygen atoms in total. The highest BCUT2D eigenvalue weighted by Crippen LogP contribution is 2.27. The zero-order chi connectivity index (χ0) is 21.3. The maximum atomic E-state index is 6.37. The summed E-state index contributed by atoms with van der Waals surface area (Å²) in [4.78, 5) is 4.53. The minimum absolute atomic E-state index is 0.587. The van der Waals surface area contributed by atoms with Gasteiger partial charge in [-0.3, -0.25) is 4.90 Å². The first-order valence-corrected chi connectivity index (χ1v) is 10.7. The predicted molar refractivity (Wildman–Crippen MR) is 125 cm³/mol. The molecule has 0 saturated carbocycles. The molecular formula is C22H28ClN3O3S. The van der Waals surface area contributed by atoms with Crippen LogP contribution in [0.1, 0.15) is 5.56 Å². The molecule has 1 aliphatic heterocycles. The molecule has 0 unspecified atom stereocenters. The number of rotatable bonds is 8. The summed E-state index contributed by atoms with van der Waals surface area (Å²) in [6.45, 7) is 5.71. The first-order chi connectivity index (χ1) is 14.6. The second kappa shape index (κ2) is 11.4. The maximum Gasteiger partial charge on any atom is 0.173 e. The lowest BCUT2D eigenvalue weighted by Gasteiger charge is -2.32. The number of para-hydroxylation sites is 1. The van der Waals surface area contributed by atoms with Gasteiger partial charge < -0.3 is 24.4 Å². The highest BCUT2D eigenvalue weighted by atomic mass is 35.5. The van der Waals surface area contributed by atoms with Crippen molar-refractivity contribution in [3.63, 3.8) is 0 Å². The van der Waals surface area contributed by atoms with Crippen LogP contribution in [0.15, 0.2) is 42.5 Å². The molecule has 1 N–H and O–H groups in total. The minimum Gasteiger partial charge on any atom is -0.497 e. The monoisotopic (exact) mass is 449 g/mol. The van der Waals surface area contributed by atoms with Crippen molar-refractivity contribution in [2.45, 2.75) is 6.54 Å². The lowest BCUT2D eigenvalue weighted by Crippen LogP contribution is -2.44. The Morgan fingerprint density at radius 3 is 2.67 bits per heavy atom. The number of hydrogen-bond acceptors (Lipinski definition) is 5. The molecule has 2 aromatic carbocycles. The van der Waals surface area contributed by atoms with E-state index < -0.39 is 0 Å². The van der Waals surface area contributed by atoms with Gasteiger partial charge in [-0.25, -0.2) is 0 Å². The van der Waals surface area contributed by atoms with Crippen LogP contribution in [0.25, 0.3) is 0 Å². The van der Waals surface area contributed by atoms with Gasteiger partial charge in [-0.1, -0.05) is 29.8 Å². The summed E-state index contributed by atoms with van der Waals surface area (Å²) in [6.07, 6.45) is 0. The third kappa shape index (κ3) is 6.22. The largest absolute Gasteiger partial charge is 0.497 e. The molecular weight excluding hydrogens is 422 g/mol. The third-order valence-electron chi connectivity index (χ3n) is 5.05. The molecule has 1 saturated heterocycles. The third-order valence-corrected chi connectivity index (χ3v) is 5.74. The van der Waals surface area contributed by atoms with E-state index in [0.29, 0.717) is 22.4 Å². The van der Waals surface area contributed by atoms with Crippen LogP contribution in [0.5, 0.6) is 11.5 Å². The highest BCUT2D eigenvalue weighted by Gasteiger charge is 2.17. The van der Waals surface area contributed by atoms with Gasteiger partial charge in [-0.05, 0) is 30.4 Å². The number of anilines is 1. The van der Waals surface area contributed by atoms with Gasteiger partial charge in [0.05, 0.1) is 38.1 Å². The van der Waals surface area contributed by atoms with E-state index >= 15 is 0 Å². The van der Waals surface area contributed by atoms with Crippen LogP contribution in [0.3, 0.4) is 0 Å². The summed E-state index contributed by atoms with van der Waals surface area (Å²) < 4.78 is 16.3. The van der Waals surface area contributed by atoms with E-state index in [4.69, 9.17) is 38.0 Å². The summed E-state index contributed by atoms with van der Waals surface area (Å²) in [5, 5.41) is 4.48. The Kier molecular flexibility index (Phi) is 8.57. The Balaban J connectivity index is 1.75. The van der Waals surface area contributed by atoms with Gasteiger partial charge >= 0.3 is 0 Å².